The number of sulfonamides is 1. The van der Waals surface area contributed by atoms with Gasteiger partial charge in [0.25, 0.3) is 15.9 Å². The summed E-state index contributed by atoms with van der Waals surface area (Å²) in [6.07, 6.45) is 0.802. The van der Waals surface area contributed by atoms with Gasteiger partial charge in [-0.3, -0.25) is 18.9 Å². The molecule has 1 heterocycles. The largest absolute Gasteiger partial charge is 0.348 e. The van der Waals surface area contributed by atoms with E-state index in [4.69, 9.17) is 0 Å². The molecule has 170 valence electrons. The number of carbonyl (C=O) groups excluding carboxylic acids is 1. The van der Waals surface area contributed by atoms with Crippen molar-refractivity contribution in [1.82, 2.24) is 9.88 Å². The highest BCUT2D eigenvalue weighted by Crippen LogP contribution is 2.25. The summed E-state index contributed by atoms with van der Waals surface area (Å²) < 4.78 is 31.0. The van der Waals surface area contributed by atoms with Crippen LogP contribution in [-0.4, -0.2) is 18.9 Å². The van der Waals surface area contributed by atoms with E-state index in [9.17, 15) is 18.0 Å². The van der Waals surface area contributed by atoms with Crippen LogP contribution in [0.25, 0.3) is 10.2 Å². The monoisotopic (exact) mass is 481 g/mol. The van der Waals surface area contributed by atoms with Crippen LogP contribution in [0.15, 0.2) is 82.5 Å². The zero-order valence-corrected chi connectivity index (χ0v) is 19.6. The van der Waals surface area contributed by atoms with Crippen molar-refractivity contribution >= 4 is 43.2 Å². The first kappa shape index (κ1) is 22.8. The number of benzene rings is 3. The van der Waals surface area contributed by atoms with Gasteiger partial charge in [0.15, 0.2) is 0 Å². The van der Waals surface area contributed by atoms with Crippen LogP contribution in [0.3, 0.4) is 0 Å². The lowest BCUT2D eigenvalue weighted by Crippen LogP contribution is -2.25. The molecule has 9 heteroatoms. The van der Waals surface area contributed by atoms with Gasteiger partial charge in [0.05, 0.1) is 26.4 Å². The molecule has 0 saturated heterocycles. The number of aromatic nitrogens is 1. The van der Waals surface area contributed by atoms with Crippen LogP contribution >= 0.6 is 11.3 Å². The van der Waals surface area contributed by atoms with Crippen LogP contribution in [0, 0.1) is 0 Å². The average Bonchev–Trinajstić information content (AvgIpc) is 3.13. The highest BCUT2D eigenvalue weighted by molar-refractivity contribution is 7.92. The zero-order chi connectivity index (χ0) is 23.4. The predicted octanol–water partition coefficient (Wildman–Crippen LogP) is 4.20. The maximum absolute atomic E-state index is 13.1. The Morgan fingerprint density at radius 2 is 1.73 bits per heavy atom. The summed E-state index contributed by atoms with van der Waals surface area (Å²) in [5, 5.41) is 2.82. The van der Waals surface area contributed by atoms with Crippen LogP contribution < -0.4 is 14.9 Å². The van der Waals surface area contributed by atoms with E-state index in [2.05, 4.69) is 10.0 Å². The summed E-state index contributed by atoms with van der Waals surface area (Å²) >= 11 is 1.02. The minimum absolute atomic E-state index is 0.0272. The number of rotatable bonds is 8. The molecule has 0 radical (unpaired) electrons. The normalized spacial score (nSPS) is 11.4. The molecule has 1 amide bonds. The highest BCUT2D eigenvalue weighted by atomic mass is 32.2. The quantitative estimate of drug-likeness (QED) is 0.394. The van der Waals surface area contributed by atoms with Gasteiger partial charge in [0.2, 0.25) is 0 Å². The molecule has 4 rings (SSSR count). The van der Waals surface area contributed by atoms with E-state index in [0.717, 1.165) is 23.3 Å². The Kier molecular flexibility index (Phi) is 6.62. The minimum atomic E-state index is -3.98. The van der Waals surface area contributed by atoms with Gasteiger partial charge in [-0.2, -0.15) is 0 Å². The fourth-order valence-electron chi connectivity index (χ4n) is 3.50. The van der Waals surface area contributed by atoms with Crippen LogP contribution in [0.5, 0.6) is 0 Å². The Morgan fingerprint density at radius 1 is 1.00 bits per heavy atom. The van der Waals surface area contributed by atoms with Crippen molar-refractivity contribution < 1.29 is 13.2 Å². The second-order valence-electron chi connectivity index (χ2n) is 7.47. The molecule has 4 aromatic rings. The molecule has 2 N–H and O–H groups in total. The van der Waals surface area contributed by atoms with Crippen molar-refractivity contribution in [2.45, 2.75) is 31.3 Å². The van der Waals surface area contributed by atoms with Gasteiger partial charge in [0, 0.05) is 13.1 Å². The van der Waals surface area contributed by atoms with Crippen molar-refractivity contribution in [3.8, 4) is 0 Å². The Balaban J connectivity index is 1.58. The predicted molar refractivity (Wildman–Crippen MR) is 131 cm³/mol. The van der Waals surface area contributed by atoms with E-state index in [0.29, 0.717) is 23.3 Å². The van der Waals surface area contributed by atoms with Crippen LogP contribution in [0.1, 0.15) is 29.3 Å². The Bertz CT molecular complexity index is 1460. The van der Waals surface area contributed by atoms with Crippen LogP contribution in [0.4, 0.5) is 5.69 Å². The summed E-state index contributed by atoms with van der Waals surface area (Å²) in [5.41, 5.74) is 2.05. The van der Waals surface area contributed by atoms with Crippen molar-refractivity contribution in [2.75, 3.05) is 4.72 Å². The molecule has 0 spiro atoms. The molecular formula is C24H23N3O4S2. The topological polar surface area (TPSA) is 97.3 Å². The highest BCUT2D eigenvalue weighted by Gasteiger charge is 2.20. The standard InChI is InChI=1S/C24H23N3O4S2/c1-2-14-27-21-13-12-18(15-22(21)32-24(27)29)33(30,31)26-20-11-7-6-10-19(20)23(28)25-16-17-8-4-3-5-9-17/h3-13,15,26H,2,14,16H2,1H3,(H,25,28). The number of nitrogens with zero attached hydrogens (tertiary/aromatic N) is 1. The van der Waals surface area contributed by atoms with E-state index in [-0.39, 0.29) is 26.9 Å². The summed E-state index contributed by atoms with van der Waals surface area (Å²) in [7, 11) is -3.98. The Hall–Kier alpha value is -3.43. The number of hydrogen-bond acceptors (Lipinski definition) is 5. The van der Waals surface area contributed by atoms with Gasteiger partial charge < -0.3 is 5.32 Å². The van der Waals surface area contributed by atoms with Crippen molar-refractivity contribution in [3.05, 3.63) is 93.6 Å². The first-order valence-corrected chi connectivity index (χ1v) is 12.8. The molecule has 0 aliphatic rings. The number of fused-ring (bicyclic) bond motifs is 1. The third kappa shape index (κ3) is 4.99. The second-order valence-corrected chi connectivity index (χ2v) is 10.1. The molecule has 33 heavy (non-hydrogen) atoms. The zero-order valence-electron chi connectivity index (χ0n) is 17.9. The lowest BCUT2D eigenvalue weighted by Gasteiger charge is -2.13. The smallest absolute Gasteiger partial charge is 0.308 e. The fourth-order valence-corrected chi connectivity index (χ4v) is 5.63. The van der Waals surface area contributed by atoms with Crippen molar-refractivity contribution in [3.63, 3.8) is 0 Å². The molecule has 0 aliphatic carbocycles. The Labute approximate surface area is 195 Å². The number of amides is 1. The van der Waals surface area contributed by atoms with E-state index >= 15 is 0 Å². The van der Waals surface area contributed by atoms with Gasteiger partial charge in [-0.15, -0.1) is 0 Å². The molecule has 7 nitrogen and oxygen atoms in total. The van der Waals surface area contributed by atoms with Gasteiger partial charge in [0.1, 0.15) is 0 Å². The summed E-state index contributed by atoms with van der Waals surface area (Å²) in [4.78, 5) is 24.9. The molecule has 0 fully saturated rings. The minimum Gasteiger partial charge on any atom is -0.348 e. The molecular weight excluding hydrogens is 458 g/mol. The molecule has 0 atom stereocenters. The summed E-state index contributed by atoms with van der Waals surface area (Å²) in [5.74, 6) is -0.387. The summed E-state index contributed by atoms with van der Waals surface area (Å²) in [6.45, 7) is 2.88. The van der Waals surface area contributed by atoms with Crippen molar-refractivity contribution in [2.24, 2.45) is 0 Å². The summed E-state index contributed by atoms with van der Waals surface area (Å²) in [6, 6.07) is 20.5. The van der Waals surface area contributed by atoms with Crippen LogP contribution in [-0.2, 0) is 23.1 Å². The number of aryl methyl sites for hydroxylation is 1. The number of nitrogens with one attached hydrogen (secondary N) is 2. The van der Waals surface area contributed by atoms with Gasteiger partial charge >= 0.3 is 4.87 Å². The third-order valence-corrected chi connectivity index (χ3v) is 7.41. The maximum Gasteiger partial charge on any atom is 0.308 e. The number of carbonyl (C=O) groups is 1. The molecule has 0 bridgehead atoms. The fraction of sp³-hybridized carbons (Fsp3) is 0.167. The molecule has 0 unspecified atom stereocenters. The van der Waals surface area contributed by atoms with E-state index in [1.54, 1.807) is 34.9 Å². The number of hydrogen-bond donors (Lipinski definition) is 2. The lowest BCUT2D eigenvalue weighted by molar-refractivity contribution is 0.0952. The molecule has 3 aromatic carbocycles. The number of thiazole rings is 1. The maximum atomic E-state index is 13.1. The average molecular weight is 482 g/mol. The van der Waals surface area contributed by atoms with Gasteiger partial charge in [-0.25, -0.2) is 8.42 Å². The molecule has 0 aliphatic heterocycles. The first-order valence-electron chi connectivity index (χ1n) is 10.5. The van der Waals surface area contributed by atoms with Crippen LogP contribution in [0.2, 0.25) is 0 Å². The lowest BCUT2D eigenvalue weighted by atomic mass is 10.1. The molecule has 1 aromatic heterocycles. The van der Waals surface area contributed by atoms with E-state index in [1.807, 2.05) is 37.3 Å². The van der Waals surface area contributed by atoms with E-state index < -0.39 is 10.0 Å². The third-order valence-electron chi connectivity index (χ3n) is 5.11. The van der Waals surface area contributed by atoms with Crippen molar-refractivity contribution in [1.29, 1.82) is 0 Å². The Morgan fingerprint density at radius 3 is 2.48 bits per heavy atom. The second kappa shape index (κ2) is 9.60. The molecule has 0 saturated carbocycles. The first-order chi connectivity index (χ1) is 15.9. The van der Waals surface area contributed by atoms with Gasteiger partial charge in [-0.1, -0.05) is 60.7 Å². The SMILES string of the molecule is CCCn1c(=O)sc2cc(S(=O)(=O)Nc3ccccc3C(=O)NCc3ccccc3)ccc21. The number of anilines is 1. The van der Waals surface area contributed by atoms with Gasteiger partial charge in [-0.05, 0) is 42.3 Å². The van der Waals surface area contributed by atoms with E-state index in [1.165, 1.54) is 12.1 Å². The number of para-hydroxylation sites is 1.